The molecule has 0 saturated heterocycles. The first-order chi connectivity index (χ1) is 12.3. The minimum absolute atomic E-state index is 0.0273. The Kier molecular flexibility index (Phi) is 7.87. The summed E-state index contributed by atoms with van der Waals surface area (Å²) in [5.74, 6) is -0.315. The lowest BCUT2D eigenvalue weighted by molar-refractivity contribution is -0.137. The minimum atomic E-state index is -4.47. The van der Waals surface area contributed by atoms with E-state index in [0.717, 1.165) is 12.1 Å². The van der Waals surface area contributed by atoms with E-state index in [1.807, 2.05) is 41.5 Å². The van der Waals surface area contributed by atoms with Gasteiger partial charge in [-0.1, -0.05) is 26.0 Å². The number of hydrogen-bond donors (Lipinski definition) is 0. The monoisotopic (exact) mass is 387 g/mol. The van der Waals surface area contributed by atoms with Crippen LogP contribution in [0.2, 0.25) is 0 Å². The molecule has 1 aromatic carbocycles. The fourth-order valence-corrected chi connectivity index (χ4v) is 2.86. The van der Waals surface area contributed by atoms with Crippen molar-refractivity contribution in [3.63, 3.8) is 0 Å². The third-order valence-electron chi connectivity index (χ3n) is 3.98. The van der Waals surface area contributed by atoms with Crippen molar-refractivity contribution in [3.05, 3.63) is 35.4 Å². The van der Waals surface area contributed by atoms with E-state index in [4.69, 9.17) is 4.74 Å². The van der Waals surface area contributed by atoms with Crippen molar-refractivity contribution in [2.75, 3.05) is 0 Å². The van der Waals surface area contributed by atoms with Crippen LogP contribution < -0.4 is 0 Å². The molecule has 0 bridgehead atoms. The lowest BCUT2D eigenvalue weighted by Crippen LogP contribution is -2.43. The number of ketones is 1. The molecule has 27 heavy (non-hydrogen) atoms. The number of halogens is 3. The Labute approximate surface area is 158 Å². The highest BCUT2D eigenvalue weighted by atomic mass is 19.4. The number of benzene rings is 1. The Morgan fingerprint density at radius 1 is 0.963 bits per heavy atom. The van der Waals surface area contributed by atoms with Crippen molar-refractivity contribution >= 4 is 11.9 Å². The number of alkyl halides is 3. The van der Waals surface area contributed by atoms with E-state index < -0.39 is 23.9 Å². The Hall–Kier alpha value is -2.05. The second-order valence-electron chi connectivity index (χ2n) is 7.54. The third kappa shape index (κ3) is 6.56. The number of carbonyl (C=O) groups excluding carboxylic acids is 2. The van der Waals surface area contributed by atoms with Gasteiger partial charge in [0.2, 0.25) is 0 Å². The second kappa shape index (κ2) is 9.24. The predicted molar refractivity (Wildman–Crippen MR) is 97.2 cm³/mol. The first kappa shape index (κ1) is 23.0. The summed E-state index contributed by atoms with van der Waals surface area (Å²) < 4.78 is 43.8. The zero-order valence-corrected chi connectivity index (χ0v) is 16.6. The molecular formula is C20H28F3NO3. The number of nitrogens with zero attached hydrogens (tertiary/aromatic N) is 1. The van der Waals surface area contributed by atoms with Crippen molar-refractivity contribution < 1.29 is 27.5 Å². The fourth-order valence-electron chi connectivity index (χ4n) is 2.86. The summed E-state index contributed by atoms with van der Waals surface area (Å²) in [6.07, 6.45) is -6.22. The van der Waals surface area contributed by atoms with Crippen molar-refractivity contribution in [2.45, 2.75) is 72.3 Å². The van der Waals surface area contributed by atoms with Gasteiger partial charge < -0.3 is 9.64 Å². The molecule has 1 rings (SSSR count). The van der Waals surface area contributed by atoms with Crippen LogP contribution in [0.4, 0.5) is 18.0 Å². The summed E-state index contributed by atoms with van der Waals surface area (Å²) in [6.45, 7) is 11.0. The highest BCUT2D eigenvalue weighted by molar-refractivity contribution is 5.86. The first-order valence-electron chi connectivity index (χ1n) is 9.03. The van der Waals surface area contributed by atoms with Crippen LogP contribution in [0.25, 0.3) is 0 Å². The van der Waals surface area contributed by atoms with Crippen LogP contribution >= 0.6 is 0 Å². The van der Waals surface area contributed by atoms with Crippen LogP contribution in [0.15, 0.2) is 24.3 Å². The zero-order chi connectivity index (χ0) is 20.9. The molecule has 7 heteroatoms. The maximum Gasteiger partial charge on any atom is 0.416 e. The van der Waals surface area contributed by atoms with Crippen LogP contribution in [0.1, 0.15) is 65.2 Å². The van der Waals surface area contributed by atoms with E-state index in [1.54, 1.807) is 0 Å². The molecule has 0 aliphatic heterocycles. The Morgan fingerprint density at radius 2 is 1.44 bits per heavy atom. The van der Waals surface area contributed by atoms with Crippen molar-refractivity contribution in [3.8, 4) is 0 Å². The normalized spacial score (nSPS) is 13.2. The van der Waals surface area contributed by atoms with Crippen molar-refractivity contribution in [2.24, 2.45) is 5.92 Å². The van der Waals surface area contributed by atoms with Crippen LogP contribution in [0.3, 0.4) is 0 Å². The van der Waals surface area contributed by atoms with Crippen LogP contribution in [0.5, 0.6) is 0 Å². The van der Waals surface area contributed by atoms with Crippen LogP contribution in [-0.2, 0) is 15.7 Å². The summed E-state index contributed by atoms with van der Waals surface area (Å²) in [4.78, 5) is 26.7. The van der Waals surface area contributed by atoms with E-state index in [0.29, 0.717) is 0 Å². The molecule has 1 amide bonds. The largest absolute Gasteiger partial charge is 0.433 e. The lowest BCUT2D eigenvalue weighted by atomic mass is 9.97. The highest BCUT2D eigenvalue weighted by Gasteiger charge is 2.33. The predicted octanol–water partition coefficient (Wildman–Crippen LogP) is 5.62. The summed E-state index contributed by atoms with van der Waals surface area (Å²) >= 11 is 0. The summed E-state index contributed by atoms with van der Waals surface area (Å²) in [5.41, 5.74) is -0.590. The number of hydrogen-bond acceptors (Lipinski definition) is 3. The highest BCUT2D eigenvalue weighted by Crippen LogP contribution is 2.31. The average Bonchev–Trinajstić information content (AvgIpc) is 2.50. The molecule has 0 saturated carbocycles. The number of Topliss-reactive ketones (excluding diaryl/α,β-unsaturated/α-hetero) is 1. The van der Waals surface area contributed by atoms with E-state index >= 15 is 0 Å². The molecule has 0 aliphatic rings. The molecule has 4 nitrogen and oxygen atoms in total. The number of ether oxygens (including phenoxy) is 1. The summed E-state index contributed by atoms with van der Waals surface area (Å²) in [5, 5.41) is 0. The molecule has 1 atom stereocenters. The topological polar surface area (TPSA) is 46.6 Å². The number of amides is 1. The Bertz CT molecular complexity index is 629. The van der Waals surface area contributed by atoms with Gasteiger partial charge in [0.25, 0.3) is 0 Å². The van der Waals surface area contributed by atoms with Crippen LogP contribution in [0, 0.1) is 5.92 Å². The minimum Gasteiger partial charge on any atom is -0.433 e. The van der Waals surface area contributed by atoms with Crippen LogP contribution in [-0.4, -0.2) is 28.9 Å². The van der Waals surface area contributed by atoms with E-state index in [9.17, 15) is 22.8 Å². The summed E-state index contributed by atoms with van der Waals surface area (Å²) in [6, 6.07) is 3.86. The maximum absolute atomic E-state index is 12.8. The summed E-state index contributed by atoms with van der Waals surface area (Å²) in [7, 11) is 0. The van der Waals surface area contributed by atoms with Gasteiger partial charge in [0.05, 0.1) is 5.56 Å². The molecule has 0 fully saturated rings. The number of carbonyl (C=O) groups is 2. The molecule has 0 aliphatic carbocycles. The smallest absolute Gasteiger partial charge is 0.416 e. The molecule has 152 valence electrons. The van der Waals surface area contributed by atoms with Gasteiger partial charge in [-0.15, -0.1) is 0 Å². The maximum atomic E-state index is 12.8. The molecule has 1 unspecified atom stereocenters. The van der Waals surface area contributed by atoms with Gasteiger partial charge in [0.1, 0.15) is 0 Å². The van der Waals surface area contributed by atoms with Gasteiger partial charge in [-0.3, -0.25) is 4.79 Å². The zero-order valence-electron chi connectivity index (χ0n) is 16.6. The molecule has 0 spiro atoms. The van der Waals surface area contributed by atoms with Crippen molar-refractivity contribution in [1.29, 1.82) is 0 Å². The van der Waals surface area contributed by atoms with E-state index in [1.165, 1.54) is 17.0 Å². The molecule has 1 aromatic rings. The average molecular weight is 387 g/mol. The Morgan fingerprint density at radius 3 is 1.81 bits per heavy atom. The van der Waals surface area contributed by atoms with E-state index in [2.05, 4.69) is 0 Å². The fraction of sp³-hybridized carbons (Fsp3) is 0.600. The number of rotatable bonds is 7. The van der Waals surface area contributed by atoms with Gasteiger partial charge in [-0.25, -0.2) is 4.79 Å². The van der Waals surface area contributed by atoms with Gasteiger partial charge in [-0.2, -0.15) is 13.2 Å². The third-order valence-corrected chi connectivity index (χ3v) is 3.98. The SMILES string of the molecule is CC(C)CC(=O)C(OC(=O)N(C(C)C)C(C)C)c1ccc(C(F)(F)F)cc1. The van der Waals surface area contributed by atoms with Gasteiger partial charge in [0.15, 0.2) is 11.9 Å². The molecule has 0 N–H and O–H groups in total. The van der Waals surface area contributed by atoms with Gasteiger partial charge >= 0.3 is 12.3 Å². The van der Waals surface area contributed by atoms with Crippen molar-refractivity contribution in [1.82, 2.24) is 4.90 Å². The quantitative estimate of drug-likeness (QED) is 0.610. The molecule has 0 aromatic heterocycles. The van der Waals surface area contributed by atoms with Gasteiger partial charge in [0, 0.05) is 24.1 Å². The molecule has 0 radical (unpaired) electrons. The second-order valence-corrected chi connectivity index (χ2v) is 7.54. The Balaban J connectivity index is 3.17. The molecular weight excluding hydrogens is 359 g/mol. The lowest BCUT2D eigenvalue weighted by Gasteiger charge is -2.31. The van der Waals surface area contributed by atoms with Gasteiger partial charge in [-0.05, 0) is 45.7 Å². The van der Waals surface area contributed by atoms with E-state index in [-0.39, 0.29) is 35.8 Å². The standard InChI is InChI=1S/C20H28F3NO3/c1-12(2)11-17(25)18(27-19(26)24(13(3)4)14(5)6)15-7-9-16(10-8-15)20(21,22)23/h7-10,12-14,18H,11H2,1-6H3. The molecule has 0 heterocycles. The first-order valence-corrected chi connectivity index (χ1v) is 9.03.